The van der Waals surface area contributed by atoms with Gasteiger partial charge in [-0.05, 0) is 42.3 Å². The Balaban J connectivity index is 1.60. The first-order chi connectivity index (χ1) is 11.5. The van der Waals surface area contributed by atoms with E-state index in [2.05, 4.69) is 5.32 Å². The largest absolute Gasteiger partial charge is 0.352 e. The molecule has 0 saturated carbocycles. The summed E-state index contributed by atoms with van der Waals surface area (Å²) in [7, 11) is 0. The standard InChI is InChI=1S/C19H19FN2O2/c1-13-3-2-4-17(9-13)22-12-15(10-18(22)23)19(24)21-11-14-5-7-16(20)8-6-14/h2-9,15H,10-12H2,1H3,(H,21,24)/t15-/m0/s1. The fourth-order valence-corrected chi connectivity index (χ4v) is 2.86. The average molecular weight is 326 g/mol. The summed E-state index contributed by atoms with van der Waals surface area (Å²) >= 11 is 0. The van der Waals surface area contributed by atoms with Crippen molar-refractivity contribution in [3.8, 4) is 0 Å². The molecule has 0 spiro atoms. The van der Waals surface area contributed by atoms with E-state index in [1.165, 1.54) is 12.1 Å². The van der Waals surface area contributed by atoms with Crippen molar-refractivity contribution in [3.05, 3.63) is 65.5 Å². The van der Waals surface area contributed by atoms with Crippen molar-refractivity contribution < 1.29 is 14.0 Å². The Labute approximate surface area is 140 Å². The number of benzene rings is 2. The van der Waals surface area contributed by atoms with Crippen molar-refractivity contribution in [2.75, 3.05) is 11.4 Å². The highest BCUT2D eigenvalue weighted by molar-refractivity contribution is 6.00. The topological polar surface area (TPSA) is 49.4 Å². The Kier molecular flexibility index (Phi) is 4.60. The van der Waals surface area contributed by atoms with Crippen molar-refractivity contribution in [2.24, 2.45) is 5.92 Å². The van der Waals surface area contributed by atoms with Crippen molar-refractivity contribution in [1.82, 2.24) is 5.32 Å². The smallest absolute Gasteiger partial charge is 0.227 e. The second-order valence-corrected chi connectivity index (χ2v) is 6.09. The van der Waals surface area contributed by atoms with Gasteiger partial charge in [-0.25, -0.2) is 4.39 Å². The number of carbonyl (C=O) groups excluding carboxylic acids is 2. The van der Waals surface area contributed by atoms with E-state index >= 15 is 0 Å². The van der Waals surface area contributed by atoms with E-state index in [0.29, 0.717) is 13.1 Å². The molecule has 1 saturated heterocycles. The van der Waals surface area contributed by atoms with Gasteiger partial charge in [-0.2, -0.15) is 0 Å². The minimum Gasteiger partial charge on any atom is -0.352 e. The molecule has 124 valence electrons. The Bertz CT molecular complexity index is 758. The van der Waals surface area contributed by atoms with E-state index < -0.39 is 0 Å². The molecule has 0 aliphatic carbocycles. The minimum absolute atomic E-state index is 0.0393. The van der Waals surface area contributed by atoms with Crippen LogP contribution in [0.15, 0.2) is 48.5 Å². The molecule has 1 N–H and O–H groups in total. The summed E-state index contributed by atoms with van der Waals surface area (Å²) in [6.07, 6.45) is 0.212. The van der Waals surface area contributed by atoms with Crippen LogP contribution in [0.2, 0.25) is 0 Å². The van der Waals surface area contributed by atoms with Crippen LogP contribution >= 0.6 is 0 Å². The van der Waals surface area contributed by atoms with Gasteiger partial charge >= 0.3 is 0 Å². The number of nitrogens with zero attached hydrogens (tertiary/aromatic N) is 1. The number of amides is 2. The lowest BCUT2D eigenvalue weighted by Crippen LogP contribution is -2.32. The summed E-state index contributed by atoms with van der Waals surface area (Å²) in [5, 5.41) is 2.82. The molecule has 3 rings (SSSR count). The van der Waals surface area contributed by atoms with Crippen LogP contribution in [0, 0.1) is 18.7 Å². The van der Waals surface area contributed by atoms with Crippen LogP contribution in [-0.4, -0.2) is 18.4 Å². The maximum atomic E-state index is 12.9. The second-order valence-electron chi connectivity index (χ2n) is 6.09. The lowest BCUT2D eigenvalue weighted by atomic mass is 10.1. The predicted octanol–water partition coefficient (Wildman–Crippen LogP) is 2.80. The third kappa shape index (κ3) is 3.62. The van der Waals surface area contributed by atoms with Crippen molar-refractivity contribution in [2.45, 2.75) is 19.9 Å². The van der Waals surface area contributed by atoms with Gasteiger partial charge < -0.3 is 10.2 Å². The monoisotopic (exact) mass is 326 g/mol. The first-order valence-electron chi connectivity index (χ1n) is 7.92. The quantitative estimate of drug-likeness (QED) is 0.939. The summed E-state index contributed by atoms with van der Waals surface area (Å²) in [6, 6.07) is 13.7. The molecule has 0 aromatic heterocycles. The number of aryl methyl sites for hydroxylation is 1. The molecule has 1 aliphatic heterocycles. The molecule has 0 bridgehead atoms. The summed E-state index contributed by atoms with van der Waals surface area (Å²) in [5.74, 6) is -0.857. The van der Waals surface area contributed by atoms with Crippen LogP contribution in [0.4, 0.5) is 10.1 Å². The van der Waals surface area contributed by atoms with Gasteiger partial charge in [0.05, 0.1) is 5.92 Å². The average Bonchev–Trinajstić information content (AvgIpc) is 2.96. The van der Waals surface area contributed by atoms with Gasteiger partial charge in [0.1, 0.15) is 5.82 Å². The number of nitrogens with one attached hydrogen (secondary N) is 1. The fourth-order valence-electron chi connectivity index (χ4n) is 2.86. The summed E-state index contributed by atoms with van der Waals surface area (Å²) in [6.45, 7) is 2.68. The van der Waals surface area contributed by atoms with Gasteiger partial charge in [-0.15, -0.1) is 0 Å². The molecule has 4 nitrogen and oxygen atoms in total. The van der Waals surface area contributed by atoms with Gasteiger partial charge in [-0.1, -0.05) is 24.3 Å². The molecule has 1 heterocycles. The van der Waals surface area contributed by atoms with Crippen LogP contribution in [0.25, 0.3) is 0 Å². The molecule has 1 atom stereocenters. The third-order valence-electron chi connectivity index (χ3n) is 4.19. The molecule has 2 aromatic rings. The molecule has 2 amide bonds. The van der Waals surface area contributed by atoms with E-state index in [1.807, 2.05) is 31.2 Å². The lowest BCUT2D eigenvalue weighted by Gasteiger charge is -2.17. The Morgan fingerprint density at radius 1 is 1.25 bits per heavy atom. The molecule has 24 heavy (non-hydrogen) atoms. The summed E-state index contributed by atoms with van der Waals surface area (Å²) < 4.78 is 12.9. The zero-order valence-electron chi connectivity index (χ0n) is 13.5. The zero-order chi connectivity index (χ0) is 17.1. The summed E-state index contributed by atoms with van der Waals surface area (Å²) in [4.78, 5) is 26.2. The number of anilines is 1. The Morgan fingerprint density at radius 2 is 2.00 bits per heavy atom. The fraction of sp³-hybridized carbons (Fsp3) is 0.263. The number of hydrogen-bond acceptors (Lipinski definition) is 2. The normalized spacial score (nSPS) is 17.2. The van der Waals surface area contributed by atoms with E-state index in [-0.39, 0.29) is 30.0 Å². The highest BCUT2D eigenvalue weighted by Gasteiger charge is 2.34. The molecular formula is C19H19FN2O2. The molecular weight excluding hydrogens is 307 g/mol. The number of carbonyl (C=O) groups is 2. The minimum atomic E-state index is -0.363. The van der Waals surface area contributed by atoms with E-state index in [1.54, 1.807) is 17.0 Å². The van der Waals surface area contributed by atoms with E-state index in [4.69, 9.17) is 0 Å². The van der Waals surface area contributed by atoms with Crippen molar-refractivity contribution in [3.63, 3.8) is 0 Å². The van der Waals surface area contributed by atoms with Crippen molar-refractivity contribution >= 4 is 17.5 Å². The van der Waals surface area contributed by atoms with Gasteiger partial charge in [0.15, 0.2) is 0 Å². The second kappa shape index (κ2) is 6.83. The molecule has 0 unspecified atom stereocenters. The summed E-state index contributed by atoms with van der Waals surface area (Å²) in [5.41, 5.74) is 2.72. The third-order valence-corrected chi connectivity index (χ3v) is 4.19. The number of halogens is 1. The predicted molar refractivity (Wildman–Crippen MR) is 89.9 cm³/mol. The van der Waals surface area contributed by atoms with Crippen LogP contribution in [0.5, 0.6) is 0 Å². The first kappa shape index (κ1) is 16.2. The van der Waals surface area contributed by atoms with Crippen molar-refractivity contribution in [1.29, 1.82) is 0 Å². The molecule has 2 aromatic carbocycles. The van der Waals surface area contributed by atoms with Gasteiger partial charge in [-0.3, -0.25) is 9.59 Å². The Morgan fingerprint density at radius 3 is 2.71 bits per heavy atom. The van der Waals surface area contributed by atoms with Crippen LogP contribution in [-0.2, 0) is 16.1 Å². The Hall–Kier alpha value is -2.69. The number of hydrogen-bond donors (Lipinski definition) is 1. The molecule has 5 heteroatoms. The zero-order valence-corrected chi connectivity index (χ0v) is 13.5. The van der Waals surface area contributed by atoms with Gasteiger partial charge in [0, 0.05) is 25.2 Å². The first-order valence-corrected chi connectivity index (χ1v) is 7.92. The van der Waals surface area contributed by atoms with E-state index in [9.17, 15) is 14.0 Å². The lowest BCUT2D eigenvalue weighted by molar-refractivity contribution is -0.126. The molecule has 1 aliphatic rings. The maximum absolute atomic E-state index is 12.9. The molecule has 1 fully saturated rings. The highest BCUT2D eigenvalue weighted by atomic mass is 19.1. The number of rotatable bonds is 4. The van der Waals surface area contributed by atoms with Crippen LogP contribution in [0.1, 0.15) is 17.5 Å². The highest BCUT2D eigenvalue weighted by Crippen LogP contribution is 2.25. The SMILES string of the molecule is Cc1cccc(N2C[C@@H](C(=O)NCc3ccc(F)cc3)CC2=O)c1. The van der Waals surface area contributed by atoms with E-state index in [0.717, 1.165) is 16.8 Å². The van der Waals surface area contributed by atoms with Gasteiger partial charge in [0.2, 0.25) is 11.8 Å². The molecule has 0 radical (unpaired) electrons. The van der Waals surface area contributed by atoms with Crippen LogP contribution < -0.4 is 10.2 Å². The van der Waals surface area contributed by atoms with Crippen LogP contribution in [0.3, 0.4) is 0 Å². The maximum Gasteiger partial charge on any atom is 0.227 e. The van der Waals surface area contributed by atoms with Gasteiger partial charge in [0.25, 0.3) is 0 Å².